The Kier molecular flexibility index (Phi) is 0.855. The van der Waals surface area contributed by atoms with Crippen molar-refractivity contribution < 1.29 is 0 Å². The standard InChI is InChI=1S/C5H8N2/c1-4-5(6)2-3-7-4/h2-4H,6H2,1H3. The average Bonchev–Trinajstić information content (AvgIpc) is 1.91. The van der Waals surface area contributed by atoms with E-state index in [9.17, 15) is 0 Å². The fraction of sp³-hybridized carbons (Fsp3) is 0.400. The molecule has 0 aliphatic carbocycles. The molecule has 0 aromatic heterocycles. The van der Waals surface area contributed by atoms with E-state index >= 15 is 0 Å². The number of aliphatic imine (C=N–C) groups is 1. The van der Waals surface area contributed by atoms with E-state index in [-0.39, 0.29) is 6.04 Å². The minimum atomic E-state index is 0.222. The van der Waals surface area contributed by atoms with Gasteiger partial charge in [0.25, 0.3) is 0 Å². The molecule has 2 heteroatoms. The molecule has 38 valence electrons. The van der Waals surface area contributed by atoms with Crippen molar-refractivity contribution >= 4 is 6.21 Å². The van der Waals surface area contributed by atoms with Gasteiger partial charge < -0.3 is 5.73 Å². The Labute approximate surface area is 42.7 Å². The van der Waals surface area contributed by atoms with E-state index in [0.29, 0.717) is 0 Å². The molecule has 1 atom stereocenters. The third kappa shape index (κ3) is 0.633. The van der Waals surface area contributed by atoms with E-state index < -0.39 is 0 Å². The van der Waals surface area contributed by atoms with E-state index in [4.69, 9.17) is 5.73 Å². The normalized spacial score (nSPS) is 28.1. The van der Waals surface area contributed by atoms with Crippen LogP contribution in [0.1, 0.15) is 6.92 Å². The smallest absolute Gasteiger partial charge is 0.0864 e. The lowest BCUT2D eigenvalue weighted by Crippen LogP contribution is -2.06. The molecular weight excluding hydrogens is 88.1 g/mol. The summed E-state index contributed by atoms with van der Waals surface area (Å²) >= 11 is 0. The van der Waals surface area contributed by atoms with Crippen LogP contribution in [-0.2, 0) is 0 Å². The van der Waals surface area contributed by atoms with Gasteiger partial charge in [-0.05, 0) is 13.0 Å². The molecule has 1 heterocycles. The number of nitrogens with two attached hydrogens (primary N) is 1. The molecule has 0 saturated carbocycles. The van der Waals surface area contributed by atoms with Crippen LogP contribution in [0.2, 0.25) is 0 Å². The van der Waals surface area contributed by atoms with Gasteiger partial charge in [0.05, 0.1) is 6.04 Å². The van der Waals surface area contributed by atoms with Gasteiger partial charge in [0.15, 0.2) is 0 Å². The lowest BCUT2D eigenvalue weighted by molar-refractivity contribution is 0.873. The SMILES string of the molecule is CC1N=CC=C1N. The maximum atomic E-state index is 5.41. The van der Waals surface area contributed by atoms with Crippen LogP contribution in [-0.4, -0.2) is 12.3 Å². The van der Waals surface area contributed by atoms with Crippen molar-refractivity contribution in [2.75, 3.05) is 0 Å². The Morgan fingerprint density at radius 3 is 2.71 bits per heavy atom. The molecule has 0 radical (unpaired) electrons. The van der Waals surface area contributed by atoms with E-state index in [2.05, 4.69) is 4.99 Å². The largest absolute Gasteiger partial charge is 0.400 e. The van der Waals surface area contributed by atoms with Gasteiger partial charge in [-0.15, -0.1) is 0 Å². The second-order valence-electron chi connectivity index (χ2n) is 1.64. The molecule has 0 fully saturated rings. The lowest BCUT2D eigenvalue weighted by Gasteiger charge is -1.96. The van der Waals surface area contributed by atoms with Crippen molar-refractivity contribution in [1.82, 2.24) is 0 Å². The maximum absolute atomic E-state index is 5.41. The van der Waals surface area contributed by atoms with Crippen molar-refractivity contribution in [3.8, 4) is 0 Å². The van der Waals surface area contributed by atoms with Gasteiger partial charge in [0, 0.05) is 11.9 Å². The van der Waals surface area contributed by atoms with Crippen LogP contribution >= 0.6 is 0 Å². The van der Waals surface area contributed by atoms with Crippen LogP contribution in [0.25, 0.3) is 0 Å². The Morgan fingerprint density at radius 2 is 2.57 bits per heavy atom. The van der Waals surface area contributed by atoms with Gasteiger partial charge in [0.2, 0.25) is 0 Å². The maximum Gasteiger partial charge on any atom is 0.0864 e. The van der Waals surface area contributed by atoms with Crippen molar-refractivity contribution in [2.24, 2.45) is 10.7 Å². The first kappa shape index (κ1) is 4.37. The molecule has 0 aromatic carbocycles. The first-order valence-electron chi connectivity index (χ1n) is 2.29. The Bertz CT molecular complexity index is 124. The van der Waals surface area contributed by atoms with Crippen LogP contribution in [0.3, 0.4) is 0 Å². The summed E-state index contributed by atoms with van der Waals surface area (Å²) < 4.78 is 0. The van der Waals surface area contributed by atoms with Crippen LogP contribution in [0.4, 0.5) is 0 Å². The zero-order chi connectivity index (χ0) is 5.28. The van der Waals surface area contributed by atoms with Crippen LogP contribution < -0.4 is 5.73 Å². The molecule has 0 amide bonds. The number of hydrogen-bond donors (Lipinski definition) is 1. The quantitative estimate of drug-likeness (QED) is 0.463. The molecular formula is C5H8N2. The first-order chi connectivity index (χ1) is 3.30. The van der Waals surface area contributed by atoms with Gasteiger partial charge in [-0.1, -0.05) is 0 Å². The Hall–Kier alpha value is -0.790. The Morgan fingerprint density at radius 1 is 1.86 bits per heavy atom. The fourth-order valence-electron chi connectivity index (χ4n) is 0.484. The topological polar surface area (TPSA) is 38.4 Å². The zero-order valence-electron chi connectivity index (χ0n) is 4.26. The van der Waals surface area contributed by atoms with Gasteiger partial charge in [-0.3, -0.25) is 4.99 Å². The third-order valence-electron chi connectivity index (χ3n) is 1.06. The lowest BCUT2D eigenvalue weighted by atomic mass is 10.3. The molecule has 7 heavy (non-hydrogen) atoms. The highest BCUT2D eigenvalue weighted by Crippen LogP contribution is 2.02. The molecule has 1 aliphatic heterocycles. The van der Waals surface area contributed by atoms with Gasteiger partial charge in [0.1, 0.15) is 0 Å². The highest BCUT2D eigenvalue weighted by atomic mass is 14.8. The van der Waals surface area contributed by atoms with Gasteiger partial charge >= 0.3 is 0 Å². The van der Waals surface area contributed by atoms with E-state index in [1.54, 1.807) is 6.21 Å². The second kappa shape index (κ2) is 1.37. The molecule has 1 rings (SSSR count). The third-order valence-corrected chi connectivity index (χ3v) is 1.06. The van der Waals surface area contributed by atoms with Crippen LogP contribution in [0, 0.1) is 0 Å². The summed E-state index contributed by atoms with van der Waals surface area (Å²) in [5.74, 6) is 0. The first-order valence-corrected chi connectivity index (χ1v) is 2.29. The van der Waals surface area contributed by atoms with E-state index in [1.807, 2.05) is 13.0 Å². The van der Waals surface area contributed by atoms with Crippen LogP contribution in [0.15, 0.2) is 16.8 Å². The summed E-state index contributed by atoms with van der Waals surface area (Å²) in [6, 6.07) is 0.222. The van der Waals surface area contributed by atoms with Crippen molar-refractivity contribution in [1.29, 1.82) is 0 Å². The molecule has 2 N–H and O–H groups in total. The number of nitrogens with zero attached hydrogens (tertiary/aromatic N) is 1. The van der Waals surface area contributed by atoms with Gasteiger partial charge in [-0.2, -0.15) is 0 Å². The molecule has 0 bridgehead atoms. The number of hydrogen-bond acceptors (Lipinski definition) is 2. The summed E-state index contributed by atoms with van der Waals surface area (Å²) in [6.45, 7) is 1.97. The van der Waals surface area contributed by atoms with Gasteiger partial charge in [-0.25, -0.2) is 0 Å². The second-order valence-corrected chi connectivity index (χ2v) is 1.64. The Balaban J connectivity index is 2.69. The molecule has 0 saturated heterocycles. The minimum absolute atomic E-state index is 0.222. The fourth-order valence-corrected chi connectivity index (χ4v) is 0.484. The predicted octanol–water partition coefficient (Wildman–Crippen LogP) is 0.302. The molecule has 0 spiro atoms. The highest BCUT2D eigenvalue weighted by molar-refractivity contribution is 5.75. The van der Waals surface area contributed by atoms with Crippen LogP contribution in [0.5, 0.6) is 0 Å². The summed E-state index contributed by atoms with van der Waals surface area (Å²) in [4.78, 5) is 3.97. The highest BCUT2D eigenvalue weighted by Gasteiger charge is 2.03. The van der Waals surface area contributed by atoms with Crippen molar-refractivity contribution in [3.05, 3.63) is 11.8 Å². The summed E-state index contributed by atoms with van der Waals surface area (Å²) in [5, 5.41) is 0. The van der Waals surface area contributed by atoms with E-state index in [0.717, 1.165) is 5.70 Å². The molecule has 1 aliphatic rings. The zero-order valence-corrected chi connectivity index (χ0v) is 4.26. The molecule has 0 aromatic rings. The predicted molar refractivity (Wildman–Crippen MR) is 30.2 cm³/mol. The van der Waals surface area contributed by atoms with Crippen molar-refractivity contribution in [3.63, 3.8) is 0 Å². The summed E-state index contributed by atoms with van der Waals surface area (Å²) in [5.41, 5.74) is 6.28. The number of rotatable bonds is 0. The van der Waals surface area contributed by atoms with Crippen molar-refractivity contribution in [2.45, 2.75) is 13.0 Å². The average molecular weight is 96.1 g/mol. The number of allylic oxidation sites excluding steroid dienone is 1. The molecule has 1 unspecified atom stereocenters. The summed E-state index contributed by atoms with van der Waals surface area (Å²) in [7, 11) is 0. The summed E-state index contributed by atoms with van der Waals surface area (Å²) in [6.07, 6.45) is 3.56. The molecule has 2 nitrogen and oxygen atoms in total. The van der Waals surface area contributed by atoms with E-state index in [1.165, 1.54) is 0 Å². The monoisotopic (exact) mass is 96.1 g/mol. The minimum Gasteiger partial charge on any atom is -0.400 e.